The Labute approximate surface area is 458 Å². The van der Waals surface area contributed by atoms with Gasteiger partial charge in [0, 0.05) is 49.5 Å². The molecule has 0 saturated carbocycles. The normalized spacial score (nSPS) is 11.9. The van der Waals surface area contributed by atoms with Crippen LogP contribution >= 0.6 is 0 Å². The highest BCUT2D eigenvalue weighted by Crippen LogP contribution is 2.43. The number of fused-ring (bicyclic) bond motifs is 7. The quantitative estimate of drug-likeness (QED) is 0.0959. The standard InChI is InChI=1S/C71H66N6O/c1-7-10-23-46-38-47(24-11-8-2)40-52(39-46)68-74-69(53-41-48(25-12-9-3)42-54(43-53)71(4,5)6)76-70(75-68)58-44-51(67-72-59(49-26-15-13-16-27-49)45-60(73-67)50-28-17-14-18-29-50)34-36-62(58)77-61-32-21-19-31-57(61)65-63(77)37-35-56-55-30-20-22-33-64(55)78-66(56)65/h13-22,26-45H,7-12,23-25H2,1-6H3. The maximum absolute atomic E-state index is 6.81. The molecule has 0 amide bonds. The lowest BCUT2D eigenvalue weighted by Gasteiger charge is -2.21. The molecule has 12 aromatic rings. The topological polar surface area (TPSA) is 82.5 Å². The molecule has 4 heterocycles. The number of aromatic nitrogens is 6. The van der Waals surface area contributed by atoms with E-state index >= 15 is 0 Å². The summed E-state index contributed by atoms with van der Waals surface area (Å²) in [7, 11) is 0. The SMILES string of the molecule is CCCCc1cc(CCCC)cc(-c2nc(-c3cc(CCCC)cc(C(C)(C)C)c3)nc(-c3cc(-c4nc(-c5ccccc5)cc(-c5ccccc5)n4)ccc3-n3c4ccccc4c4c5oc6ccccc6c5ccc43)n2)c1. The first kappa shape index (κ1) is 50.3. The second kappa shape index (κ2) is 21.5. The average molecular weight is 1020 g/mol. The summed E-state index contributed by atoms with van der Waals surface area (Å²) >= 11 is 0. The van der Waals surface area contributed by atoms with Crippen LogP contribution in [0.4, 0.5) is 0 Å². The van der Waals surface area contributed by atoms with E-state index in [0.717, 1.165) is 152 Å². The molecule has 0 bridgehead atoms. The minimum atomic E-state index is -0.104. The molecule has 0 N–H and O–H groups in total. The fraction of sp³-hybridized carbons (Fsp3) is 0.225. The van der Waals surface area contributed by atoms with Crippen LogP contribution in [0.25, 0.3) is 117 Å². The van der Waals surface area contributed by atoms with E-state index in [-0.39, 0.29) is 5.41 Å². The second-order valence-corrected chi connectivity index (χ2v) is 22.0. The smallest absolute Gasteiger partial charge is 0.166 e. The van der Waals surface area contributed by atoms with Crippen molar-refractivity contribution in [3.8, 4) is 73.8 Å². The summed E-state index contributed by atoms with van der Waals surface area (Å²) in [5.41, 5.74) is 17.1. The third-order valence-electron chi connectivity index (χ3n) is 15.3. The molecule has 7 nitrogen and oxygen atoms in total. The number of hydrogen-bond acceptors (Lipinski definition) is 6. The Morgan fingerprint density at radius 2 is 0.949 bits per heavy atom. The third-order valence-corrected chi connectivity index (χ3v) is 15.3. The van der Waals surface area contributed by atoms with Crippen molar-refractivity contribution >= 4 is 43.7 Å². The lowest BCUT2D eigenvalue weighted by molar-refractivity contribution is 0.589. The summed E-state index contributed by atoms with van der Waals surface area (Å²) in [5.74, 6) is 2.46. The summed E-state index contributed by atoms with van der Waals surface area (Å²) in [5, 5.41) is 4.33. The molecule has 7 heteroatoms. The van der Waals surface area contributed by atoms with Crippen molar-refractivity contribution < 1.29 is 4.42 Å². The molecule has 0 radical (unpaired) electrons. The van der Waals surface area contributed by atoms with Gasteiger partial charge >= 0.3 is 0 Å². The Bertz CT molecular complexity index is 4060. The summed E-state index contributed by atoms with van der Waals surface area (Å²) in [4.78, 5) is 27.6. The molecular weight excluding hydrogens is 953 g/mol. The Balaban J connectivity index is 1.17. The first-order valence-electron chi connectivity index (χ1n) is 28.2. The number of aryl methyl sites for hydroxylation is 3. The van der Waals surface area contributed by atoms with Gasteiger partial charge in [-0.25, -0.2) is 24.9 Å². The number of benzene rings is 8. The number of rotatable bonds is 16. The largest absolute Gasteiger partial charge is 0.455 e. The van der Waals surface area contributed by atoms with Gasteiger partial charge in [0.25, 0.3) is 0 Å². The Morgan fingerprint density at radius 1 is 0.410 bits per heavy atom. The van der Waals surface area contributed by atoms with Gasteiger partial charge in [0.15, 0.2) is 23.3 Å². The van der Waals surface area contributed by atoms with Crippen molar-refractivity contribution in [3.63, 3.8) is 0 Å². The van der Waals surface area contributed by atoms with Crippen LogP contribution in [0.5, 0.6) is 0 Å². The first-order chi connectivity index (χ1) is 38.1. The number of nitrogens with zero attached hydrogens (tertiary/aromatic N) is 6. The van der Waals surface area contributed by atoms with E-state index in [1.165, 1.54) is 22.3 Å². The highest BCUT2D eigenvalue weighted by molar-refractivity contribution is 6.24. The average Bonchev–Trinajstić information content (AvgIpc) is 4.26. The lowest BCUT2D eigenvalue weighted by Crippen LogP contribution is -2.12. The van der Waals surface area contributed by atoms with Gasteiger partial charge in [0.05, 0.1) is 33.5 Å². The van der Waals surface area contributed by atoms with Crippen LogP contribution in [0, 0.1) is 0 Å². The highest BCUT2D eigenvalue weighted by Gasteiger charge is 2.25. The molecule has 0 saturated heterocycles. The van der Waals surface area contributed by atoms with Crippen LogP contribution in [0.2, 0.25) is 0 Å². The van der Waals surface area contributed by atoms with E-state index in [9.17, 15) is 0 Å². The van der Waals surface area contributed by atoms with Gasteiger partial charge < -0.3 is 8.98 Å². The van der Waals surface area contributed by atoms with Crippen LogP contribution in [0.15, 0.2) is 186 Å². The molecule has 8 aromatic carbocycles. The zero-order chi connectivity index (χ0) is 53.3. The molecule has 0 aliphatic carbocycles. The van der Waals surface area contributed by atoms with Crippen molar-refractivity contribution in [2.45, 2.75) is 105 Å². The molecule has 0 spiro atoms. The zero-order valence-corrected chi connectivity index (χ0v) is 45.8. The Hall–Kier alpha value is -8.55. The van der Waals surface area contributed by atoms with Crippen molar-refractivity contribution in [3.05, 3.63) is 204 Å². The Morgan fingerprint density at radius 3 is 1.56 bits per heavy atom. The molecular formula is C71H66N6O. The van der Waals surface area contributed by atoms with Gasteiger partial charge in [0.2, 0.25) is 0 Å². The zero-order valence-electron chi connectivity index (χ0n) is 45.8. The number of unbranched alkanes of at least 4 members (excludes halogenated alkanes) is 3. The van der Waals surface area contributed by atoms with E-state index in [1.54, 1.807) is 0 Å². The first-order valence-corrected chi connectivity index (χ1v) is 28.2. The summed E-state index contributed by atoms with van der Waals surface area (Å²) < 4.78 is 9.18. The van der Waals surface area contributed by atoms with E-state index in [2.05, 4.69) is 210 Å². The Kier molecular flexibility index (Phi) is 13.8. The highest BCUT2D eigenvalue weighted by atomic mass is 16.3. The second-order valence-electron chi connectivity index (χ2n) is 22.0. The number of furan rings is 1. The van der Waals surface area contributed by atoms with Crippen LogP contribution in [-0.2, 0) is 24.7 Å². The predicted molar refractivity (Wildman–Crippen MR) is 324 cm³/mol. The molecule has 12 rings (SSSR count). The summed E-state index contributed by atoms with van der Waals surface area (Å²) in [6, 6.07) is 64.9. The van der Waals surface area contributed by atoms with Crippen LogP contribution in [-0.4, -0.2) is 29.5 Å². The monoisotopic (exact) mass is 1020 g/mol. The maximum atomic E-state index is 6.81. The summed E-state index contributed by atoms with van der Waals surface area (Å²) in [6.45, 7) is 13.7. The van der Waals surface area contributed by atoms with Gasteiger partial charge in [-0.05, 0) is 139 Å². The summed E-state index contributed by atoms with van der Waals surface area (Å²) in [6.07, 6.45) is 9.63. The molecule has 0 atom stereocenters. The fourth-order valence-electron chi connectivity index (χ4n) is 11.1. The van der Waals surface area contributed by atoms with Crippen LogP contribution in [0.3, 0.4) is 0 Å². The number of hydrogen-bond donors (Lipinski definition) is 0. The van der Waals surface area contributed by atoms with E-state index < -0.39 is 0 Å². The minimum Gasteiger partial charge on any atom is -0.455 e. The molecule has 0 fully saturated rings. The van der Waals surface area contributed by atoms with Gasteiger partial charge in [-0.15, -0.1) is 0 Å². The molecule has 0 unspecified atom stereocenters. The van der Waals surface area contributed by atoms with Crippen molar-refractivity contribution in [2.75, 3.05) is 0 Å². The van der Waals surface area contributed by atoms with Gasteiger partial charge in [-0.3, -0.25) is 0 Å². The fourth-order valence-corrected chi connectivity index (χ4v) is 11.1. The van der Waals surface area contributed by atoms with Gasteiger partial charge in [0.1, 0.15) is 11.2 Å². The van der Waals surface area contributed by atoms with E-state index in [0.29, 0.717) is 23.3 Å². The van der Waals surface area contributed by atoms with Crippen molar-refractivity contribution in [1.29, 1.82) is 0 Å². The van der Waals surface area contributed by atoms with Crippen LogP contribution in [0.1, 0.15) is 102 Å². The number of para-hydroxylation sites is 2. The maximum Gasteiger partial charge on any atom is 0.166 e. The molecule has 0 aliphatic heterocycles. The molecule has 386 valence electrons. The van der Waals surface area contributed by atoms with Gasteiger partial charge in [-0.2, -0.15) is 0 Å². The third kappa shape index (κ3) is 9.90. The van der Waals surface area contributed by atoms with Gasteiger partial charge in [-0.1, -0.05) is 170 Å². The van der Waals surface area contributed by atoms with E-state index in [4.69, 9.17) is 29.3 Å². The molecule has 4 aromatic heterocycles. The van der Waals surface area contributed by atoms with Crippen molar-refractivity contribution in [1.82, 2.24) is 29.5 Å². The predicted octanol–water partition coefficient (Wildman–Crippen LogP) is 19.0. The molecule has 78 heavy (non-hydrogen) atoms. The van der Waals surface area contributed by atoms with Crippen molar-refractivity contribution in [2.24, 2.45) is 0 Å². The molecule has 0 aliphatic rings. The minimum absolute atomic E-state index is 0.104. The van der Waals surface area contributed by atoms with Crippen LogP contribution < -0.4 is 0 Å². The lowest BCUT2D eigenvalue weighted by atomic mass is 9.84. The van der Waals surface area contributed by atoms with E-state index in [1.807, 2.05) is 18.2 Å².